The van der Waals surface area contributed by atoms with Crippen molar-refractivity contribution in [3.05, 3.63) is 130 Å². The first kappa shape index (κ1) is 33.2. The summed E-state index contributed by atoms with van der Waals surface area (Å²) in [6, 6.07) is 30.3. The number of anilines is 1. The van der Waals surface area contributed by atoms with Gasteiger partial charge in [-0.2, -0.15) is 0 Å². The zero-order valence-corrected chi connectivity index (χ0v) is 27.7. The molecule has 0 bridgehead atoms. The van der Waals surface area contributed by atoms with E-state index in [4.69, 9.17) is 11.6 Å². The maximum atomic E-state index is 14.4. The van der Waals surface area contributed by atoms with E-state index in [9.17, 15) is 18.0 Å². The fourth-order valence-corrected chi connectivity index (χ4v) is 6.65. The van der Waals surface area contributed by atoms with Crippen molar-refractivity contribution in [3.8, 4) is 0 Å². The first-order valence-corrected chi connectivity index (χ1v) is 16.8. The number of nitrogens with one attached hydrogen (secondary N) is 1. The number of para-hydroxylation sites is 1. The molecule has 0 aliphatic carbocycles. The van der Waals surface area contributed by atoms with Crippen molar-refractivity contribution in [3.63, 3.8) is 0 Å². The van der Waals surface area contributed by atoms with E-state index < -0.39 is 28.5 Å². The molecule has 7 nitrogen and oxygen atoms in total. The third-order valence-electron chi connectivity index (χ3n) is 6.92. The number of sulfonamides is 1. The standard InChI is InChI=1S/C34H35BrClN3O4S/c1-25(2)22-37-34(41)32(21-26-10-5-3-6-11-26)38(23-27-12-9-13-28(35)20-27)33(40)24-39(30-14-7-4-8-15-30)44(42,43)31-18-16-29(36)17-19-31/h3-20,25,32H,21-24H2,1-2H3,(H,37,41)/t32-/m1/s1. The van der Waals surface area contributed by atoms with Gasteiger partial charge in [-0.3, -0.25) is 13.9 Å². The summed E-state index contributed by atoms with van der Waals surface area (Å²) >= 11 is 9.54. The molecule has 4 rings (SSSR count). The van der Waals surface area contributed by atoms with Gasteiger partial charge in [-0.05, 0) is 65.6 Å². The van der Waals surface area contributed by atoms with Gasteiger partial charge >= 0.3 is 0 Å². The molecule has 44 heavy (non-hydrogen) atoms. The fourth-order valence-electron chi connectivity index (χ4n) is 4.67. The summed E-state index contributed by atoms with van der Waals surface area (Å²) in [5.41, 5.74) is 1.98. The van der Waals surface area contributed by atoms with E-state index in [2.05, 4.69) is 21.2 Å². The minimum Gasteiger partial charge on any atom is -0.354 e. The van der Waals surface area contributed by atoms with E-state index in [1.807, 2.05) is 68.4 Å². The summed E-state index contributed by atoms with van der Waals surface area (Å²) in [6.07, 6.45) is 0.250. The number of benzene rings is 4. The molecule has 0 heterocycles. The Morgan fingerprint density at radius 2 is 1.45 bits per heavy atom. The van der Waals surface area contributed by atoms with Crippen molar-refractivity contribution in [2.45, 2.75) is 37.8 Å². The van der Waals surface area contributed by atoms with Gasteiger partial charge in [-0.15, -0.1) is 0 Å². The highest BCUT2D eigenvalue weighted by atomic mass is 79.9. The van der Waals surface area contributed by atoms with E-state index in [-0.39, 0.29) is 29.7 Å². The van der Waals surface area contributed by atoms with Crippen LogP contribution >= 0.6 is 27.5 Å². The fraction of sp³-hybridized carbons (Fsp3) is 0.235. The Kier molecular flexibility index (Phi) is 11.6. The predicted molar refractivity (Wildman–Crippen MR) is 179 cm³/mol. The molecule has 2 amide bonds. The maximum Gasteiger partial charge on any atom is 0.264 e. The van der Waals surface area contributed by atoms with Crippen molar-refractivity contribution in [2.24, 2.45) is 5.92 Å². The second-order valence-electron chi connectivity index (χ2n) is 10.8. The molecular weight excluding hydrogens is 662 g/mol. The number of halogens is 2. The van der Waals surface area contributed by atoms with Gasteiger partial charge in [0, 0.05) is 29.0 Å². The molecule has 0 aliphatic rings. The van der Waals surface area contributed by atoms with Crippen LogP contribution in [0.2, 0.25) is 5.02 Å². The number of carbonyl (C=O) groups excluding carboxylic acids is 2. The smallest absolute Gasteiger partial charge is 0.264 e. The highest BCUT2D eigenvalue weighted by Gasteiger charge is 2.34. The van der Waals surface area contributed by atoms with Crippen molar-refractivity contribution in [1.82, 2.24) is 10.2 Å². The second kappa shape index (κ2) is 15.4. The SMILES string of the molecule is CC(C)CNC(=O)[C@@H](Cc1ccccc1)N(Cc1cccc(Br)c1)C(=O)CN(c1ccccc1)S(=O)(=O)c1ccc(Cl)cc1. The maximum absolute atomic E-state index is 14.4. The summed E-state index contributed by atoms with van der Waals surface area (Å²) in [5.74, 6) is -0.631. The van der Waals surface area contributed by atoms with Crippen molar-refractivity contribution in [1.29, 1.82) is 0 Å². The summed E-state index contributed by atoms with van der Waals surface area (Å²) in [6.45, 7) is 4.00. The third-order valence-corrected chi connectivity index (χ3v) is 9.46. The van der Waals surface area contributed by atoms with E-state index in [1.54, 1.807) is 30.3 Å². The lowest BCUT2D eigenvalue weighted by atomic mass is 10.0. The molecule has 4 aromatic rings. The zero-order valence-electron chi connectivity index (χ0n) is 24.6. The van der Waals surface area contributed by atoms with Crippen molar-refractivity contribution < 1.29 is 18.0 Å². The van der Waals surface area contributed by atoms with Gasteiger partial charge in [-0.1, -0.05) is 102 Å². The van der Waals surface area contributed by atoms with Gasteiger partial charge < -0.3 is 10.2 Å². The van der Waals surface area contributed by atoms with Crippen LogP contribution < -0.4 is 9.62 Å². The van der Waals surface area contributed by atoms with Crippen molar-refractivity contribution in [2.75, 3.05) is 17.4 Å². The molecule has 0 aliphatic heterocycles. The topological polar surface area (TPSA) is 86.8 Å². The number of hydrogen-bond donors (Lipinski definition) is 1. The highest BCUT2D eigenvalue weighted by molar-refractivity contribution is 9.10. The summed E-state index contributed by atoms with van der Waals surface area (Å²) in [7, 11) is -4.19. The first-order valence-electron chi connectivity index (χ1n) is 14.2. The van der Waals surface area contributed by atoms with Crippen LogP contribution in [0.4, 0.5) is 5.69 Å². The Labute approximate surface area is 273 Å². The molecule has 0 unspecified atom stereocenters. The van der Waals surface area contributed by atoms with Crippen LogP contribution in [-0.2, 0) is 32.6 Å². The predicted octanol–water partition coefficient (Wildman–Crippen LogP) is 6.71. The van der Waals surface area contributed by atoms with Crippen LogP contribution in [0.3, 0.4) is 0 Å². The Morgan fingerprint density at radius 1 is 0.841 bits per heavy atom. The molecule has 0 aromatic heterocycles. The normalized spacial score (nSPS) is 12.0. The zero-order chi connectivity index (χ0) is 31.7. The summed E-state index contributed by atoms with van der Waals surface area (Å²) in [5, 5.41) is 3.39. The van der Waals surface area contributed by atoms with Gasteiger partial charge in [0.15, 0.2) is 0 Å². The van der Waals surface area contributed by atoms with E-state index in [0.29, 0.717) is 17.3 Å². The third kappa shape index (κ3) is 8.94. The number of nitrogens with zero attached hydrogens (tertiary/aromatic N) is 2. The lowest BCUT2D eigenvalue weighted by Gasteiger charge is -2.34. The number of carbonyl (C=O) groups is 2. The molecule has 0 fully saturated rings. The van der Waals surface area contributed by atoms with Crippen LogP contribution in [0.15, 0.2) is 119 Å². The monoisotopic (exact) mass is 695 g/mol. The Morgan fingerprint density at radius 3 is 2.07 bits per heavy atom. The minimum absolute atomic E-state index is 0.00685. The summed E-state index contributed by atoms with van der Waals surface area (Å²) in [4.78, 5) is 29.7. The van der Waals surface area contributed by atoms with Crippen LogP contribution in [0, 0.1) is 5.92 Å². The molecule has 0 saturated heterocycles. The lowest BCUT2D eigenvalue weighted by molar-refractivity contribution is -0.140. The first-order chi connectivity index (χ1) is 21.0. The van der Waals surface area contributed by atoms with Crippen molar-refractivity contribution >= 4 is 55.1 Å². The Bertz CT molecular complexity index is 1650. The molecule has 4 aromatic carbocycles. The lowest BCUT2D eigenvalue weighted by Crippen LogP contribution is -2.53. The molecule has 0 saturated carbocycles. The Balaban J connectivity index is 1.78. The van der Waals surface area contributed by atoms with Gasteiger partial charge in [0.1, 0.15) is 12.6 Å². The van der Waals surface area contributed by atoms with E-state index in [1.165, 1.54) is 29.2 Å². The second-order valence-corrected chi connectivity index (χ2v) is 14.0. The minimum atomic E-state index is -4.19. The van der Waals surface area contributed by atoms with Crippen LogP contribution in [0.1, 0.15) is 25.0 Å². The van der Waals surface area contributed by atoms with E-state index in [0.717, 1.165) is 19.9 Å². The molecular formula is C34H35BrClN3O4S. The van der Waals surface area contributed by atoms with Gasteiger partial charge in [-0.25, -0.2) is 8.42 Å². The van der Waals surface area contributed by atoms with Crippen LogP contribution in [0.25, 0.3) is 0 Å². The number of amides is 2. The average molecular weight is 697 g/mol. The van der Waals surface area contributed by atoms with Gasteiger partial charge in [0.2, 0.25) is 11.8 Å². The van der Waals surface area contributed by atoms with Crippen LogP contribution in [-0.4, -0.2) is 44.3 Å². The highest BCUT2D eigenvalue weighted by Crippen LogP contribution is 2.26. The van der Waals surface area contributed by atoms with Gasteiger partial charge in [0.05, 0.1) is 10.6 Å². The molecule has 1 atom stereocenters. The summed E-state index contributed by atoms with van der Waals surface area (Å²) < 4.78 is 29.9. The molecule has 0 spiro atoms. The largest absolute Gasteiger partial charge is 0.354 e. The molecule has 10 heteroatoms. The number of hydrogen-bond acceptors (Lipinski definition) is 4. The quantitative estimate of drug-likeness (QED) is 0.168. The van der Waals surface area contributed by atoms with Crippen LogP contribution in [0.5, 0.6) is 0 Å². The molecule has 1 N–H and O–H groups in total. The average Bonchev–Trinajstić information content (AvgIpc) is 3.01. The molecule has 230 valence electrons. The Hall–Kier alpha value is -3.66. The van der Waals surface area contributed by atoms with Gasteiger partial charge in [0.25, 0.3) is 10.0 Å². The molecule has 0 radical (unpaired) electrons. The van der Waals surface area contributed by atoms with E-state index >= 15 is 0 Å². The number of rotatable bonds is 13.